The van der Waals surface area contributed by atoms with Crippen molar-refractivity contribution in [3.05, 3.63) is 35.9 Å². The van der Waals surface area contributed by atoms with Gasteiger partial charge in [0.05, 0.1) is 5.92 Å². The van der Waals surface area contributed by atoms with E-state index in [9.17, 15) is 4.79 Å². The van der Waals surface area contributed by atoms with E-state index in [1.165, 1.54) is 0 Å². The van der Waals surface area contributed by atoms with Gasteiger partial charge in [0, 0.05) is 38.8 Å². The van der Waals surface area contributed by atoms with E-state index in [0.29, 0.717) is 0 Å². The molecule has 0 radical (unpaired) electrons. The van der Waals surface area contributed by atoms with Gasteiger partial charge in [-0.1, -0.05) is 37.3 Å². The molecule has 0 aliphatic carbocycles. The molecule has 1 aromatic carbocycles. The first kappa shape index (κ1) is 27.7. The van der Waals surface area contributed by atoms with Crippen LogP contribution in [0.3, 0.4) is 0 Å². The van der Waals surface area contributed by atoms with Crippen molar-refractivity contribution in [1.82, 2.24) is 15.1 Å². The van der Waals surface area contributed by atoms with Gasteiger partial charge in [-0.3, -0.25) is 4.79 Å². The summed E-state index contributed by atoms with van der Waals surface area (Å²) in [5.41, 5.74) is 7.21. The topological polar surface area (TPSA) is 61.6 Å². The summed E-state index contributed by atoms with van der Waals surface area (Å²) in [6, 6.07) is 9.56. The molecule has 5 nitrogen and oxygen atoms in total. The number of rotatable bonds is 7. The lowest BCUT2D eigenvalue weighted by atomic mass is 9.95. The highest BCUT2D eigenvalue weighted by molar-refractivity contribution is 5.86. The zero-order valence-electron chi connectivity index (χ0n) is 15.6. The second kappa shape index (κ2) is 14.5. The van der Waals surface area contributed by atoms with Crippen molar-refractivity contribution >= 4 is 43.1 Å². The maximum Gasteiger partial charge on any atom is 0.224 e. The molecule has 152 valence electrons. The van der Waals surface area contributed by atoms with E-state index < -0.39 is 0 Å². The Balaban J connectivity index is 0. The summed E-state index contributed by atoms with van der Waals surface area (Å²) in [6.07, 6.45) is 0.989. The van der Waals surface area contributed by atoms with Crippen LogP contribution in [0.5, 0.6) is 0 Å². The van der Waals surface area contributed by atoms with E-state index in [-0.39, 0.29) is 55.1 Å². The van der Waals surface area contributed by atoms with Gasteiger partial charge in [0.1, 0.15) is 0 Å². The molecule has 1 saturated heterocycles. The van der Waals surface area contributed by atoms with Crippen molar-refractivity contribution in [2.45, 2.75) is 19.4 Å². The molecule has 0 spiro atoms. The molecule has 8 heteroatoms. The number of halogens is 3. The first-order chi connectivity index (χ1) is 11.1. The third kappa shape index (κ3) is 8.89. The summed E-state index contributed by atoms with van der Waals surface area (Å²) in [5.74, 6) is -0.180. The number of nitrogens with zero attached hydrogens (tertiary/aromatic N) is 2. The van der Waals surface area contributed by atoms with Crippen molar-refractivity contribution in [2.75, 3.05) is 46.3 Å². The molecule has 0 bridgehead atoms. The quantitative estimate of drug-likeness (QED) is 0.656. The minimum Gasteiger partial charge on any atom is -0.356 e. The van der Waals surface area contributed by atoms with E-state index in [1.807, 2.05) is 37.3 Å². The van der Waals surface area contributed by atoms with Crippen molar-refractivity contribution in [2.24, 2.45) is 11.7 Å². The fourth-order valence-corrected chi connectivity index (χ4v) is 2.87. The SMILES string of the molecule is CC(C(=O)NCCCN1CCN(C)CC1)C(N)c1ccccc1.Cl.Cl.Cl. The summed E-state index contributed by atoms with van der Waals surface area (Å²) in [7, 11) is 2.16. The van der Waals surface area contributed by atoms with Crippen LogP contribution in [0.1, 0.15) is 24.9 Å². The second-order valence-corrected chi connectivity index (χ2v) is 6.51. The van der Waals surface area contributed by atoms with E-state index in [1.54, 1.807) is 0 Å². The molecule has 1 fully saturated rings. The van der Waals surface area contributed by atoms with Crippen molar-refractivity contribution in [1.29, 1.82) is 0 Å². The van der Waals surface area contributed by atoms with Gasteiger partial charge in [-0.05, 0) is 25.6 Å². The Hall–Kier alpha value is -0.560. The average Bonchev–Trinajstić information content (AvgIpc) is 2.59. The molecule has 0 aromatic heterocycles. The van der Waals surface area contributed by atoms with Crippen LogP contribution in [0, 0.1) is 5.92 Å². The Labute approximate surface area is 176 Å². The zero-order valence-corrected chi connectivity index (χ0v) is 18.0. The van der Waals surface area contributed by atoms with Gasteiger partial charge < -0.3 is 20.9 Å². The van der Waals surface area contributed by atoms with Crippen molar-refractivity contribution in [3.8, 4) is 0 Å². The number of piperazine rings is 1. The molecule has 1 aliphatic heterocycles. The number of nitrogens with two attached hydrogens (primary N) is 1. The van der Waals surface area contributed by atoms with Gasteiger partial charge in [-0.2, -0.15) is 0 Å². The Kier molecular flexibility index (Phi) is 15.4. The molecule has 2 atom stereocenters. The highest BCUT2D eigenvalue weighted by Gasteiger charge is 2.21. The van der Waals surface area contributed by atoms with Gasteiger partial charge in [0.2, 0.25) is 5.91 Å². The Morgan fingerprint density at radius 1 is 1.12 bits per heavy atom. The highest BCUT2D eigenvalue weighted by Crippen LogP contribution is 2.18. The number of hydrogen-bond donors (Lipinski definition) is 2. The van der Waals surface area contributed by atoms with Gasteiger partial charge in [-0.15, -0.1) is 37.2 Å². The molecule has 1 heterocycles. The number of likely N-dealkylation sites (N-methyl/N-ethyl adjacent to an activating group) is 1. The molecule has 3 N–H and O–H groups in total. The van der Waals surface area contributed by atoms with E-state index >= 15 is 0 Å². The Morgan fingerprint density at radius 2 is 1.69 bits per heavy atom. The Bertz CT molecular complexity index is 485. The minimum absolute atomic E-state index is 0. The number of hydrogen-bond acceptors (Lipinski definition) is 4. The summed E-state index contributed by atoms with van der Waals surface area (Å²) >= 11 is 0. The van der Waals surface area contributed by atoms with E-state index in [0.717, 1.165) is 51.3 Å². The number of carbonyl (C=O) groups is 1. The molecule has 1 aliphatic rings. The standard InChI is InChI=1S/C18H30N4O.3ClH/c1-15(17(19)16-7-4-3-5-8-16)18(23)20-9-6-10-22-13-11-21(2)12-14-22;;;/h3-5,7-8,15,17H,6,9-14,19H2,1-2H3,(H,20,23);3*1H. The van der Waals surface area contributed by atoms with E-state index in [2.05, 4.69) is 22.2 Å². The molecule has 2 rings (SSSR count). The molecule has 1 aromatic rings. The van der Waals surface area contributed by atoms with Crippen molar-refractivity contribution in [3.63, 3.8) is 0 Å². The maximum absolute atomic E-state index is 12.2. The number of nitrogens with one attached hydrogen (secondary N) is 1. The normalized spacial score (nSPS) is 17.0. The first-order valence-corrected chi connectivity index (χ1v) is 8.57. The second-order valence-electron chi connectivity index (χ2n) is 6.51. The van der Waals surface area contributed by atoms with Crippen LogP contribution >= 0.6 is 37.2 Å². The predicted octanol–water partition coefficient (Wildman–Crippen LogP) is 2.34. The summed E-state index contributed by atoms with van der Waals surface area (Å²) in [6.45, 7) is 8.18. The van der Waals surface area contributed by atoms with Crippen LogP contribution in [-0.2, 0) is 4.79 Å². The largest absolute Gasteiger partial charge is 0.356 e. The predicted molar refractivity (Wildman–Crippen MR) is 116 cm³/mol. The van der Waals surface area contributed by atoms with Gasteiger partial charge in [0.15, 0.2) is 0 Å². The first-order valence-electron chi connectivity index (χ1n) is 8.57. The van der Waals surface area contributed by atoms with Crippen molar-refractivity contribution < 1.29 is 4.79 Å². The lowest BCUT2D eigenvalue weighted by Crippen LogP contribution is -2.45. The van der Waals surface area contributed by atoms with Crippen LogP contribution in [0.15, 0.2) is 30.3 Å². The average molecular weight is 428 g/mol. The zero-order chi connectivity index (χ0) is 16.7. The number of benzene rings is 1. The van der Waals surface area contributed by atoms with Crippen LogP contribution in [-0.4, -0.2) is 62.0 Å². The minimum atomic E-state index is -0.256. The molecule has 1 amide bonds. The molecule has 0 saturated carbocycles. The summed E-state index contributed by atoms with van der Waals surface area (Å²) < 4.78 is 0. The summed E-state index contributed by atoms with van der Waals surface area (Å²) in [4.78, 5) is 17.1. The van der Waals surface area contributed by atoms with Crippen LogP contribution in [0.2, 0.25) is 0 Å². The third-order valence-electron chi connectivity index (χ3n) is 4.68. The van der Waals surface area contributed by atoms with Gasteiger partial charge in [-0.25, -0.2) is 0 Å². The highest BCUT2D eigenvalue weighted by atomic mass is 35.5. The van der Waals surface area contributed by atoms with Crippen LogP contribution in [0.25, 0.3) is 0 Å². The lowest BCUT2D eigenvalue weighted by Gasteiger charge is -2.32. The van der Waals surface area contributed by atoms with Gasteiger partial charge in [0.25, 0.3) is 0 Å². The van der Waals surface area contributed by atoms with Crippen LogP contribution in [0.4, 0.5) is 0 Å². The molecular formula is C18H33Cl3N4O. The van der Waals surface area contributed by atoms with Crippen LogP contribution < -0.4 is 11.1 Å². The fraction of sp³-hybridized carbons (Fsp3) is 0.611. The molecule has 2 unspecified atom stereocenters. The summed E-state index contributed by atoms with van der Waals surface area (Å²) in [5, 5.41) is 3.03. The monoisotopic (exact) mass is 426 g/mol. The van der Waals surface area contributed by atoms with Gasteiger partial charge >= 0.3 is 0 Å². The lowest BCUT2D eigenvalue weighted by molar-refractivity contribution is -0.125. The number of amides is 1. The number of carbonyl (C=O) groups excluding carboxylic acids is 1. The molecular weight excluding hydrogens is 395 g/mol. The Morgan fingerprint density at radius 3 is 2.27 bits per heavy atom. The van der Waals surface area contributed by atoms with E-state index in [4.69, 9.17) is 5.73 Å². The smallest absolute Gasteiger partial charge is 0.224 e. The third-order valence-corrected chi connectivity index (χ3v) is 4.68. The maximum atomic E-state index is 12.2. The fourth-order valence-electron chi connectivity index (χ4n) is 2.87. The molecule has 26 heavy (non-hydrogen) atoms.